The standard InChI is InChI=1S/C12H19N5/c1-5-16-9(4)15-11(12(16)13)10-6-14-17(7-10)8(2)3/h6-8H,5,13H2,1-4H3. The molecule has 0 atom stereocenters. The maximum Gasteiger partial charge on any atom is 0.131 e. The van der Waals surface area contributed by atoms with Crippen LogP contribution in [0.4, 0.5) is 5.82 Å². The average Bonchev–Trinajstić information content (AvgIpc) is 2.84. The van der Waals surface area contributed by atoms with E-state index in [1.54, 1.807) is 0 Å². The minimum absolute atomic E-state index is 0.347. The Hall–Kier alpha value is -1.78. The number of nitrogen functional groups attached to an aromatic ring is 1. The monoisotopic (exact) mass is 233 g/mol. The quantitative estimate of drug-likeness (QED) is 0.884. The van der Waals surface area contributed by atoms with Crippen LogP contribution in [-0.4, -0.2) is 19.3 Å². The lowest BCUT2D eigenvalue weighted by Crippen LogP contribution is -2.02. The Labute approximate surface area is 101 Å². The molecule has 5 nitrogen and oxygen atoms in total. The van der Waals surface area contributed by atoms with Gasteiger partial charge in [0.05, 0.1) is 6.20 Å². The summed E-state index contributed by atoms with van der Waals surface area (Å²) in [7, 11) is 0. The second kappa shape index (κ2) is 4.24. The van der Waals surface area contributed by atoms with E-state index in [9.17, 15) is 0 Å². The SMILES string of the molecule is CCn1c(C)nc(-c2cnn(C(C)C)c2)c1N. The number of rotatable bonds is 3. The topological polar surface area (TPSA) is 61.7 Å². The van der Waals surface area contributed by atoms with E-state index in [0.717, 1.165) is 23.6 Å². The lowest BCUT2D eigenvalue weighted by Gasteiger charge is -2.03. The van der Waals surface area contributed by atoms with E-state index in [1.165, 1.54) is 0 Å². The summed E-state index contributed by atoms with van der Waals surface area (Å²) in [4.78, 5) is 4.51. The fourth-order valence-electron chi connectivity index (χ4n) is 1.94. The van der Waals surface area contributed by atoms with Gasteiger partial charge in [0.25, 0.3) is 0 Å². The molecule has 0 aliphatic heterocycles. The number of hydrogen-bond acceptors (Lipinski definition) is 3. The van der Waals surface area contributed by atoms with Gasteiger partial charge in [0, 0.05) is 24.3 Å². The Morgan fingerprint density at radius 2 is 2.12 bits per heavy atom. The number of aromatic nitrogens is 4. The Morgan fingerprint density at radius 3 is 2.59 bits per heavy atom. The fraction of sp³-hybridized carbons (Fsp3) is 0.500. The van der Waals surface area contributed by atoms with Gasteiger partial charge in [-0.05, 0) is 27.7 Å². The molecule has 17 heavy (non-hydrogen) atoms. The highest BCUT2D eigenvalue weighted by Crippen LogP contribution is 2.26. The molecular weight excluding hydrogens is 214 g/mol. The molecule has 2 rings (SSSR count). The molecule has 0 aliphatic rings. The highest BCUT2D eigenvalue weighted by Gasteiger charge is 2.14. The van der Waals surface area contributed by atoms with Crippen molar-refractivity contribution in [1.29, 1.82) is 0 Å². The summed E-state index contributed by atoms with van der Waals surface area (Å²) in [5.41, 5.74) is 7.90. The molecule has 0 amide bonds. The molecule has 2 aromatic heterocycles. The smallest absolute Gasteiger partial charge is 0.131 e. The minimum atomic E-state index is 0.347. The molecule has 0 spiro atoms. The molecule has 0 aliphatic carbocycles. The lowest BCUT2D eigenvalue weighted by atomic mass is 10.2. The van der Waals surface area contributed by atoms with Gasteiger partial charge in [-0.15, -0.1) is 0 Å². The van der Waals surface area contributed by atoms with Crippen LogP contribution in [0.15, 0.2) is 12.4 Å². The first-order valence-corrected chi connectivity index (χ1v) is 5.91. The van der Waals surface area contributed by atoms with E-state index >= 15 is 0 Å². The number of hydrogen-bond donors (Lipinski definition) is 1. The summed E-state index contributed by atoms with van der Waals surface area (Å²) >= 11 is 0. The van der Waals surface area contributed by atoms with Crippen LogP contribution in [-0.2, 0) is 6.54 Å². The van der Waals surface area contributed by atoms with Crippen LogP contribution in [0.5, 0.6) is 0 Å². The van der Waals surface area contributed by atoms with Crippen LogP contribution in [0.1, 0.15) is 32.6 Å². The minimum Gasteiger partial charge on any atom is -0.383 e. The van der Waals surface area contributed by atoms with Crippen molar-refractivity contribution in [2.24, 2.45) is 0 Å². The molecule has 0 aromatic carbocycles. The average molecular weight is 233 g/mol. The Kier molecular flexibility index (Phi) is 2.92. The van der Waals surface area contributed by atoms with E-state index < -0.39 is 0 Å². The summed E-state index contributed by atoms with van der Waals surface area (Å²) in [6.07, 6.45) is 3.81. The molecule has 0 saturated heterocycles. The Bertz CT molecular complexity index is 521. The van der Waals surface area contributed by atoms with Gasteiger partial charge in [0.2, 0.25) is 0 Å². The Balaban J connectivity index is 2.46. The predicted molar refractivity (Wildman–Crippen MR) is 68.7 cm³/mol. The third kappa shape index (κ3) is 1.92. The Morgan fingerprint density at radius 1 is 1.41 bits per heavy atom. The maximum absolute atomic E-state index is 6.10. The first-order valence-electron chi connectivity index (χ1n) is 5.91. The first-order chi connectivity index (χ1) is 8.04. The van der Waals surface area contributed by atoms with Crippen molar-refractivity contribution in [1.82, 2.24) is 19.3 Å². The lowest BCUT2D eigenvalue weighted by molar-refractivity contribution is 0.532. The van der Waals surface area contributed by atoms with Crippen LogP contribution in [0.2, 0.25) is 0 Å². The van der Waals surface area contributed by atoms with Gasteiger partial charge in [0.1, 0.15) is 17.3 Å². The second-order valence-corrected chi connectivity index (χ2v) is 4.44. The van der Waals surface area contributed by atoms with Crippen LogP contribution in [0.25, 0.3) is 11.3 Å². The fourth-order valence-corrected chi connectivity index (χ4v) is 1.94. The molecule has 0 fully saturated rings. The third-order valence-electron chi connectivity index (χ3n) is 2.92. The molecule has 2 N–H and O–H groups in total. The maximum atomic E-state index is 6.10. The van der Waals surface area contributed by atoms with Crippen LogP contribution in [0, 0.1) is 6.92 Å². The van der Waals surface area contributed by atoms with Gasteiger partial charge >= 0.3 is 0 Å². The first kappa shape index (κ1) is 11.7. The van der Waals surface area contributed by atoms with Gasteiger partial charge in [-0.25, -0.2) is 4.98 Å². The number of anilines is 1. The number of imidazole rings is 1. The van der Waals surface area contributed by atoms with Crippen molar-refractivity contribution in [2.45, 2.75) is 40.3 Å². The molecule has 2 aromatic rings. The summed E-state index contributed by atoms with van der Waals surface area (Å²) in [6, 6.07) is 0.347. The summed E-state index contributed by atoms with van der Waals surface area (Å²) in [6.45, 7) is 9.05. The highest BCUT2D eigenvalue weighted by molar-refractivity contribution is 5.69. The molecule has 0 bridgehead atoms. The van der Waals surface area contributed by atoms with E-state index in [0.29, 0.717) is 11.9 Å². The molecule has 0 unspecified atom stereocenters. The number of nitrogens with zero attached hydrogens (tertiary/aromatic N) is 4. The van der Waals surface area contributed by atoms with E-state index in [1.807, 2.05) is 28.6 Å². The summed E-state index contributed by atoms with van der Waals surface area (Å²) in [5.74, 6) is 1.66. The van der Waals surface area contributed by atoms with E-state index in [-0.39, 0.29) is 0 Å². The normalized spacial score (nSPS) is 11.4. The van der Waals surface area contributed by atoms with Crippen molar-refractivity contribution in [3.63, 3.8) is 0 Å². The van der Waals surface area contributed by atoms with Crippen molar-refractivity contribution < 1.29 is 0 Å². The van der Waals surface area contributed by atoms with Gasteiger partial charge in [0.15, 0.2) is 0 Å². The van der Waals surface area contributed by atoms with Crippen LogP contribution in [0.3, 0.4) is 0 Å². The van der Waals surface area contributed by atoms with Crippen LogP contribution >= 0.6 is 0 Å². The highest BCUT2D eigenvalue weighted by atomic mass is 15.3. The zero-order valence-electron chi connectivity index (χ0n) is 10.8. The summed E-state index contributed by atoms with van der Waals surface area (Å²) in [5, 5.41) is 4.31. The van der Waals surface area contributed by atoms with Crippen molar-refractivity contribution >= 4 is 5.82 Å². The van der Waals surface area contributed by atoms with Gasteiger partial charge in [-0.3, -0.25) is 4.68 Å². The molecular formula is C12H19N5. The van der Waals surface area contributed by atoms with E-state index in [4.69, 9.17) is 5.73 Å². The summed E-state index contributed by atoms with van der Waals surface area (Å²) < 4.78 is 3.91. The number of nitrogens with two attached hydrogens (primary N) is 1. The van der Waals surface area contributed by atoms with Crippen molar-refractivity contribution in [2.75, 3.05) is 5.73 Å². The predicted octanol–water partition coefficient (Wildman–Crippen LogP) is 2.24. The van der Waals surface area contributed by atoms with Gasteiger partial charge < -0.3 is 10.3 Å². The molecule has 0 saturated carbocycles. The van der Waals surface area contributed by atoms with E-state index in [2.05, 4.69) is 30.9 Å². The van der Waals surface area contributed by atoms with Gasteiger partial charge in [-0.1, -0.05) is 0 Å². The molecule has 2 heterocycles. The molecule has 92 valence electrons. The third-order valence-corrected chi connectivity index (χ3v) is 2.92. The molecule has 5 heteroatoms. The zero-order chi connectivity index (χ0) is 12.6. The van der Waals surface area contributed by atoms with Crippen molar-refractivity contribution in [3.05, 3.63) is 18.2 Å². The molecule has 0 radical (unpaired) electrons. The largest absolute Gasteiger partial charge is 0.383 e. The zero-order valence-corrected chi connectivity index (χ0v) is 10.8. The second-order valence-electron chi connectivity index (χ2n) is 4.44. The number of aryl methyl sites for hydroxylation is 1. The van der Waals surface area contributed by atoms with Gasteiger partial charge in [-0.2, -0.15) is 5.10 Å². The van der Waals surface area contributed by atoms with Crippen molar-refractivity contribution in [3.8, 4) is 11.3 Å². The van der Waals surface area contributed by atoms with Crippen LogP contribution < -0.4 is 5.73 Å².